The number of carbonyl (C=O) groups is 3. The van der Waals surface area contributed by atoms with Crippen molar-refractivity contribution in [2.24, 2.45) is 0 Å². The highest BCUT2D eigenvalue weighted by Gasteiger charge is 2.47. The Balaban J connectivity index is 1.92. The third-order valence-corrected chi connectivity index (χ3v) is 6.07. The van der Waals surface area contributed by atoms with Crippen LogP contribution in [0, 0.1) is 13.8 Å². The molecule has 7 nitrogen and oxygen atoms in total. The number of carbonyl (C=O) groups excluding carboxylic acids is 3. The zero-order valence-corrected chi connectivity index (χ0v) is 19.6. The van der Waals surface area contributed by atoms with E-state index in [0.717, 1.165) is 11.1 Å². The minimum absolute atomic E-state index is 0.0177. The van der Waals surface area contributed by atoms with Gasteiger partial charge in [0.1, 0.15) is 11.5 Å². The van der Waals surface area contributed by atoms with E-state index in [9.17, 15) is 24.6 Å². The number of nitrogens with zero attached hydrogens (tertiary/aromatic N) is 1. The molecule has 3 aromatic rings. The van der Waals surface area contributed by atoms with E-state index in [1.165, 1.54) is 23.1 Å². The number of aromatic hydroxyl groups is 1. The van der Waals surface area contributed by atoms with E-state index < -0.39 is 23.7 Å². The Bertz CT molecular complexity index is 1360. The molecule has 1 saturated heterocycles. The van der Waals surface area contributed by atoms with Gasteiger partial charge in [-0.1, -0.05) is 30.3 Å². The highest BCUT2D eigenvalue weighted by atomic mass is 16.5. The van der Waals surface area contributed by atoms with Crippen LogP contribution in [0.15, 0.2) is 72.3 Å². The molecule has 1 heterocycles. The number of anilines is 1. The molecule has 7 heteroatoms. The van der Waals surface area contributed by atoms with Crippen molar-refractivity contribution < 1.29 is 29.3 Å². The fourth-order valence-corrected chi connectivity index (χ4v) is 4.11. The van der Waals surface area contributed by atoms with Crippen LogP contribution in [0.5, 0.6) is 5.75 Å². The summed E-state index contributed by atoms with van der Waals surface area (Å²) in [6.07, 6.45) is 0. The molecule has 1 unspecified atom stereocenters. The Morgan fingerprint density at radius 3 is 2.31 bits per heavy atom. The molecule has 178 valence electrons. The van der Waals surface area contributed by atoms with E-state index in [-0.39, 0.29) is 29.3 Å². The second-order valence-corrected chi connectivity index (χ2v) is 8.33. The molecule has 1 atom stereocenters. The van der Waals surface area contributed by atoms with Crippen LogP contribution < -0.4 is 4.90 Å². The average Bonchev–Trinajstić information content (AvgIpc) is 3.11. The number of hydrogen-bond donors (Lipinski definition) is 2. The van der Waals surface area contributed by atoms with Crippen molar-refractivity contribution in [3.05, 3.63) is 100 Å². The molecule has 4 rings (SSSR count). The molecule has 0 aromatic heterocycles. The van der Waals surface area contributed by atoms with Crippen molar-refractivity contribution in [1.29, 1.82) is 0 Å². The summed E-state index contributed by atoms with van der Waals surface area (Å²) in [6.45, 7) is 5.71. The van der Waals surface area contributed by atoms with Crippen LogP contribution in [0.4, 0.5) is 5.69 Å². The maximum atomic E-state index is 13.3. The zero-order valence-electron chi connectivity index (χ0n) is 19.6. The highest BCUT2D eigenvalue weighted by Crippen LogP contribution is 2.42. The van der Waals surface area contributed by atoms with Crippen LogP contribution >= 0.6 is 0 Å². The largest absolute Gasteiger partial charge is 0.508 e. The van der Waals surface area contributed by atoms with Crippen LogP contribution in [0.2, 0.25) is 0 Å². The van der Waals surface area contributed by atoms with Gasteiger partial charge in [0, 0.05) is 11.3 Å². The number of hydrogen-bond acceptors (Lipinski definition) is 6. The molecule has 3 aromatic carbocycles. The van der Waals surface area contributed by atoms with Gasteiger partial charge >= 0.3 is 5.97 Å². The predicted octanol–water partition coefficient (Wildman–Crippen LogP) is 4.81. The van der Waals surface area contributed by atoms with Crippen molar-refractivity contribution in [3.63, 3.8) is 0 Å². The summed E-state index contributed by atoms with van der Waals surface area (Å²) in [6, 6.07) is 16.6. The minimum Gasteiger partial charge on any atom is -0.508 e. The Kier molecular flexibility index (Phi) is 6.42. The first-order chi connectivity index (χ1) is 16.7. The molecule has 2 N–H and O–H groups in total. The van der Waals surface area contributed by atoms with Crippen molar-refractivity contribution in [3.8, 4) is 5.75 Å². The number of Topliss-reactive ketones (excluding diaryl/α,β-unsaturated/α-hetero) is 1. The van der Waals surface area contributed by atoms with Crippen LogP contribution in [0.3, 0.4) is 0 Å². The standard InChI is InChI=1S/C28H25NO6/c1-4-35-28(34)20-6-5-7-21(15-20)29-24(18-10-12-22(30)13-11-18)23(26(32)27(29)33)25(31)19-9-8-16(2)17(3)14-19/h5-15,24,30-31H,4H2,1-3H3/b25-23+. The number of esters is 1. The summed E-state index contributed by atoms with van der Waals surface area (Å²) in [5.74, 6) is -2.52. The van der Waals surface area contributed by atoms with E-state index >= 15 is 0 Å². The van der Waals surface area contributed by atoms with Gasteiger partial charge in [0.2, 0.25) is 0 Å². The number of benzene rings is 3. The molecule has 1 fully saturated rings. The Morgan fingerprint density at radius 1 is 0.943 bits per heavy atom. The van der Waals surface area contributed by atoms with E-state index in [2.05, 4.69) is 0 Å². The lowest BCUT2D eigenvalue weighted by molar-refractivity contribution is -0.132. The predicted molar refractivity (Wildman–Crippen MR) is 131 cm³/mol. The maximum Gasteiger partial charge on any atom is 0.338 e. The SMILES string of the molecule is CCOC(=O)c1cccc(N2C(=O)C(=O)/C(=C(/O)c3ccc(C)c(C)c3)C2c2ccc(O)cc2)c1. The fourth-order valence-electron chi connectivity index (χ4n) is 4.11. The van der Waals surface area contributed by atoms with Gasteiger partial charge in [-0.2, -0.15) is 0 Å². The lowest BCUT2D eigenvalue weighted by Gasteiger charge is -2.26. The number of ether oxygens (including phenoxy) is 1. The molecule has 0 radical (unpaired) electrons. The summed E-state index contributed by atoms with van der Waals surface area (Å²) >= 11 is 0. The summed E-state index contributed by atoms with van der Waals surface area (Å²) in [7, 11) is 0. The smallest absolute Gasteiger partial charge is 0.338 e. The minimum atomic E-state index is -0.977. The van der Waals surface area contributed by atoms with Gasteiger partial charge in [0.15, 0.2) is 0 Å². The van der Waals surface area contributed by atoms with Gasteiger partial charge in [0.05, 0.1) is 23.8 Å². The third-order valence-electron chi connectivity index (χ3n) is 6.07. The molecule has 1 aliphatic rings. The monoisotopic (exact) mass is 471 g/mol. The highest BCUT2D eigenvalue weighted by molar-refractivity contribution is 6.51. The number of rotatable bonds is 5. The van der Waals surface area contributed by atoms with Crippen molar-refractivity contribution in [2.75, 3.05) is 11.5 Å². The number of aliphatic hydroxyl groups is 1. The van der Waals surface area contributed by atoms with E-state index in [4.69, 9.17) is 4.74 Å². The normalized spacial score (nSPS) is 17.0. The number of ketones is 1. The molecule has 0 spiro atoms. The lowest BCUT2D eigenvalue weighted by Crippen LogP contribution is -2.29. The number of amides is 1. The van der Waals surface area contributed by atoms with Crippen LogP contribution in [-0.4, -0.2) is 34.5 Å². The third kappa shape index (κ3) is 4.40. The van der Waals surface area contributed by atoms with Gasteiger partial charge in [0.25, 0.3) is 11.7 Å². The first-order valence-electron chi connectivity index (χ1n) is 11.2. The summed E-state index contributed by atoms with van der Waals surface area (Å²) in [5.41, 5.74) is 3.31. The van der Waals surface area contributed by atoms with Crippen molar-refractivity contribution in [1.82, 2.24) is 0 Å². The summed E-state index contributed by atoms with van der Waals surface area (Å²) < 4.78 is 5.07. The molecular formula is C28H25NO6. The van der Waals surface area contributed by atoms with Crippen molar-refractivity contribution >= 4 is 29.1 Å². The summed E-state index contributed by atoms with van der Waals surface area (Å²) in [5, 5.41) is 21.0. The first kappa shape index (κ1) is 23.8. The Labute approximate surface area is 202 Å². The van der Waals surface area contributed by atoms with Gasteiger partial charge in [-0.25, -0.2) is 4.79 Å². The molecule has 0 aliphatic carbocycles. The van der Waals surface area contributed by atoms with E-state index in [0.29, 0.717) is 16.8 Å². The molecule has 35 heavy (non-hydrogen) atoms. The topological polar surface area (TPSA) is 104 Å². The van der Waals surface area contributed by atoms with E-state index in [1.807, 2.05) is 19.9 Å². The molecule has 1 aliphatic heterocycles. The summed E-state index contributed by atoms with van der Waals surface area (Å²) in [4.78, 5) is 40.1. The van der Waals surface area contributed by atoms with E-state index in [1.54, 1.807) is 49.4 Å². The zero-order chi connectivity index (χ0) is 25.3. The molecule has 0 bridgehead atoms. The lowest BCUT2D eigenvalue weighted by atomic mass is 9.94. The number of aliphatic hydroxyl groups excluding tert-OH is 1. The second kappa shape index (κ2) is 9.46. The number of phenols is 1. The van der Waals surface area contributed by atoms with Crippen LogP contribution in [-0.2, 0) is 14.3 Å². The fraction of sp³-hybridized carbons (Fsp3) is 0.179. The first-order valence-corrected chi connectivity index (χ1v) is 11.2. The average molecular weight is 472 g/mol. The molecule has 1 amide bonds. The quantitative estimate of drug-likeness (QED) is 0.239. The van der Waals surface area contributed by atoms with Gasteiger partial charge in [-0.05, 0) is 73.9 Å². The maximum absolute atomic E-state index is 13.3. The Morgan fingerprint density at radius 2 is 1.66 bits per heavy atom. The van der Waals surface area contributed by atoms with Crippen LogP contribution in [0.1, 0.15) is 45.6 Å². The molecule has 0 saturated carbocycles. The molecular weight excluding hydrogens is 446 g/mol. The van der Waals surface area contributed by atoms with Crippen LogP contribution in [0.25, 0.3) is 5.76 Å². The van der Waals surface area contributed by atoms with Crippen molar-refractivity contribution in [2.45, 2.75) is 26.8 Å². The number of aryl methyl sites for hydroxylation is 2. The Hall–Kier alpha value is -4.39. The van der Waals surface area contributed by atoms with Gasteiger partial charge in [-0.15, -0.1) is 0 Å². The second-order valence-electron chi connectivity index (χ2n) is 8.33. The van der Waals surface area contributed by atoms with Gasteiger partial charge < -0.3 is 14.9 Å². The van der Waals surface area contributed by atoms with Gasteiger partial charge in [-0.3, -0.25) is 14.5 Å². The number of phenolic OH excluding ortho intramolecular Hbond substituents is 1.